The van der Waals surface area contributed by atoms with E-state index >= 15 is 0 Å². The van der Waals surface area contributed by atoms with Crippen molar-refractivity contribution in [1.82, 2.24) is 4.98 Å². The highest BCUT2D eigenvalue weighted by atomic mass is 16.4. The first kappa shape index (κ1) is 12.0. The zero-order valence-electron chi connectivity index (χ0n) is 11.4. The Labute approximate surface area is 112 Å². The Hall–Kier alpha value is -2.10. The van der Waals surface area contributed by atoms with Crippen LogP contribution in [0.1, 0.15) is 33.3 Å². The van der Waals surface area contributed by atoms with E-state index in [0.717, 1.165) is 12.1 Å². The fourth-order valence-corrected chi connectivity index (χ4v) is 2.67. The third kappa shape index (κ3) is 1.84. The zero-order valence-corrected chi connectivity index (χ0v) is 11.4. The van der Waals surface area contributed by atoms with Crippen LogP contribution in [0.4, 0.5) is 5.69 Å². The second-order valence-corrected chi connectivity index (χ2v) is 4.93. The lowest BCUT2D eigenvalue weighted by Crippen LogP contribution is -2.29. The lowest BCUT2D eigenvalue weighted by Gasteiger charge is -2.16. The minimum Gasteiger partial charge on any atom is -0.436 e. The maximum atomic E-state index is 12.5. The highest BCUT2D eigenvalue weighted by Crippen LogP contribution is 2.31. The van der Waals surface area contributed by atoms with Crippen LogP contribution in [0.15, 0.2) is 22.6 Å². The van der Waals surface area contributed by atoms with Crippen LogP contribution in [0.25, 0.3) is 0 Å². The molecule has 19 heavy (non-hydrogen) atoms. The molecule has 0 N–H and O–H groups in total. The first-order chi connectivity index (χ1) is 9.08. The van der Waals surface area contributed by atoms with Gasteiger partial charge in [-0.25, -0.2) is 4.98 Å². The summed E-state index contributed by atoms with van der Waals surface area (Å²) in [5, 5.41) is 0. The van der Waals surface area contributed by atoms with Crippen LogP contribution in [0.5, 0.6) is 0 Å². The summed E-state index contributed by atoms with van der Waals surface area (Å²) in [6.45, 7) is 6.34. The maximum absolute atomic E-state index is 12.5. The number of anilines is 1. The fraction of sp³-hybridized carbons (Fsp3) is 0.333. The molecular formula is C15H16N2O2. The number of oxazole rings is 1. The number of nitrogens with zero attached hydrogens (tertiary/aromatic N) is 2. The number of carbonyl (C=O) groups is 1. The molecule has 1 aliphatic rings. The van der Waals surface area contributed by atoms with Crippen molar-refractivity contribution in [1.29, 1.82) is 0 Å². The molecule has 0 saturated carbocycles. The van der Waals surface area contributed by atoms with Gasteiger partial charge in [0.15, 0.2) is 5.89 Å². The molecule has 1 aliphatic heterocycles. The Kier molecular flexibility index (Phi) is 2.66. The highest BCUT2D eigenvalue weighted by molar-refractivity contribution is 6.06. The molecule has 0 bridgehead atoms. The van der Waals surface area contributed by atoms with Crippen molar-refractivity contribution in [3.8, 4) is 0 Å². The number of hydrogen-bond acceptors (Lipinski definition) is 3. The standard InChI is InChI=1S/C15H16N2O2/c1-9-5-4-6-13-12(9)7-8-17(13)15(18)14-10(2)16-11(3)19-14/h4-6H,7-8H2,1-3H3. The summed E-state index contributed by atoms with van der Waals surface area (Å²) in [5.41, 5.74) is 4.14. The Morgan fingerprint density at radius 1 is 1.32 bits per heavy atom. The van der Waals surface area contributed by atoms with E-state index in [4.69, 9.17) is 4.42 Å². The second kappa shape index (κ2) is 4.23. The number of aromatic nitrogens is 1. The maximum Gasteiger partial charge on any atom is 0.295 e. The van der Waals surface area contributed by atoms with E-state index in [2.05, 4.69) is 18.0 Å². The number of amides is 1. The lowest BCUT2D eigenvalue weighted by atomic mass is 10.1. The molecule has 0 fully saturated rings. The number of aryl methyl sites for hydroxylation is 3. The Morgan fingerprint density at radius 3 is 2.79 bits per heavy atom. The van der Waals surface area contributed by atoms with Gasteiger partial charge in [0.1, 0.15) is 0 Å². The first-order valence-corrected chi connectivity index (χ1v) is 6.42. The van der Waals surface area contributed by atoms with Crippen LogP contribution in [-0.2, 0) is 6.42 Å². The van der Waals surface area contributed by atoms with Gasteiger partial charge in [0, 0.05) is 19.2 Å². The molecule has 1 amide bonds. The summed E-state index contributed by atoms with van der Waals surface area (Å²) in [6.07, 6.45) is 0.903. The molecule has 0 radical (unpaired) electrons. The van der Waals surface area contributed by atoms with Gasteiger partial charge in [0.05, 0.1) is 5.69 Å². The Morgan fingerprint density at radius 2 is 2.11 bits per heavy atom. The Bertz CT molecular complexity index is 658. The molecular weight excluding hydrogens is 240 g/mol. The zero-order chi connectivity index (χ0) is 13.6. The molecule has 0 unspecified atom stereocenters. The molecule has 0 atom stereocenters. The number of carbonyl (C=O) groups excluding carboxylic acids is 1. The van der Waals surface area contributed by atoms with E-state index in [1.807, 2.05) is 12.1 Å². The minimum absolute atomic E-state index is 0.0950. The molecule has 0 saturated heterocycles. The van der Waals surface area contributed by atoms with E-state index in [-0.39, 0.29) is 5.91 Å². The van der Waals surface area contributed by atoms with E-state index in [9.17, 15) is 4.79 Å². The number of fused-ring (bicyclic) bond motifs is 1. The number of rotatable bonds is 1. The van der Waals surface area contributed by atoms with E-state index in [0.29, 0.717) is 23.9 Å². The average molecular weight is 256 g/mol. The van der Waals surface area contributed by atoms with Gasteiger partial charge in [-0.05, 0) is 37.5 Å². The van der Waals surface area contributed by atoms with E-state index in [1.54, 1.807) is 18.7 Å². The number of benzene rings is 1. The van der Waals surface area contributed by atoms with Crippen molar-refractivity contribution >= 4 is 11.6 Å². The lowest BCUT2D eigenvalue weighted by molar-refractivity contribution is 0.0960. The summed E-state index contributed by atoms with van der Waals surface area (Å²) < 4.78 is 5.43. The van der Waals surface area contributed by atoms with Crippen molar-refractivity contribution in [3.05, 3.63) is 46.7 Å². The van der Waals surface area contributed by atoms with Gasteiger partial charge >= 0.3 is 0 Å². The average Bonchev–Trinajstić information content (AvgIpc) is 2.93. The molecule has 3 rings (SSSR count). The highest BCUT2D eigenvalue weighted by Gasteiger charge is 2.29. The molecule has 4 heteroatoms. The largest absolute Gasteiger partial charge is 0.436 e. The quantitative estimate of drug-likeness (QED) is 0.788. The predicted octanol–water partition coefficient (Wildman–Crippen LogP) is 2.80. The summed E-state index contributed by atoms with van der Waals surface area (Å²) in [4.78, 5) is 18.5. The van der Waals surface area contributed by atoms with Crippen LogP contribution < -0.4 is 4.90 Å². The van der Waals surface area contributed by atoms with Crippen molar-refractivity contribution in [2.45, 2.75) is 27.2 Å². The molecule has 2 aromatic rings. The van der Waals surface area contributed by atoms with Gasteiger partial charge in [0.25, 0.3) is 5.91 Å². The van der Waals surface area contributed by atoms with E-state index in [1.165, 1.54) is 11.1 Å². The van der Waals surface area contributed by atoms with Gasteiger partial charge in [0.2, 0.25) is 5.76 Å². The molecule has 98 valence electrons. The van der Waals surface area contributed by atoms with Gasteiger partial charge in [-0.2, -0.15) is 0 Å². The normalized spacial score (nSPS) is 13.7. The van der Waals surface area contributed by atoms with E-state index < -0.39 is 0 Å². The molecule has 2 heterocycles. The SMILES string of the molecule is Cc1nc(C)c(C(=O)N2CCc3c(C)cccc32)o1. The molecule has 1 aromatic carbocycles. The number of hydrogen-bond donors (Lipinski definition) is 0. The second-order valence-electron chi connectivity index (χ2n) is 4.93. The molecule has 4 nitrogen and oxygen atoms in total. The van der Waals surface area contributed by atoms with Crippen LogP contribution in [0.2, 0.25) is 0 Å². The summed E-state index contributed by atoms with van der Waals surface area (Å²) in [5.74, 6) is 0.791. The van der Waals surface area contributed by atoms with Gasteiger partial charge < -0.3 is 9.32 Å². The van der Waals surface area contributed by atoms with Crippen LogP contribution in [0, 0.1) is 20.8 Å². The fourth-order valence-electron chi connectivity index (χ4n) is 2.67. The van der Waals surface area contributed by atoms with Gasteiger partial charge in [-0.15, -0.1) is 0 Å². The van der Waals surface area contributed by atoms with Gasteiger partial charge in [-0.1, -0.05) is 12.1 Å². The van der Waals surface area contributed by atoms with Crippen LogP contribution >= 0.6 is 0 Å². The summed E-state index contributed by atoms with van der Waals surface area (Å²) in [7, 11) is 0. The topological polar surface area (TPSA) is 46.3 Å². The third-order valence-electron chi connectivity index (χ3n) is 3.60. The summed E-state index contributed by atoms with van der Waals surface area (Å²) in [6, 6.07) is 6.06. The van der Waals surface area contributed by atoms with Gasteiger partial charge in [-0.3, -0.25) is 4.79 Å². The Balaban J connectivity index is 2.00. The van der Waals surface area contributed by atoms with Crippen molar-refractivity contribution < 1.29 is 9.21 Å². The van der Waals surface area contributed by atoms with Crippen LogP contribution in [-0.4, -0.2) is 17.4 Å². The summed E-state index contributed by atoms with van der Waals surface area (Å²) >= 11 is 0. The smallest absolute Gasteiger partial charge is 0.295 e. The molecule has 1 aromatic heterocycles. The van der Waals surface area contributed by atoms with Crippen molar-refractivity contribution in [3.63, 3.8) is 0 Å². The third-order valence-corrected chi connectivity index (χ3v) is 3.60. The van der Waals surface area contributed by atoms with Crippen molar-refractivity contribution in [2.75, 3.05) is 11.4 Å². The molecule has 0 spiro atoms. The minimum atomic E-state index is -0.0950. The monoisotopic (exact) mass is 256 g/mol. The van der Waals surface area contributed by atoms with Crippen LogP contribution in [0.3, 0.4) is 0 Å². The first-order valence-electron chi connectivity index (χ1n) is 6.42. The van der Waals surface area contributed by atoms with Crippen molar-refractivity contribution in [2.24, 2.45) is 0 Å². The molecule has 0 aliphatic carbocycles. The predicted molar refractivity (Wildman–Crippen MR) is 72.5 cm³/mol.